The predicted molar refractivity (Wildman–Crippen MR) is 45.0 cm³/mol. The molecule has 2 N–H and O–H groups in total. The summed E-state index contributed by atoms with van der Waals surface area (Å²) in [4.78, 5) is 2.59. The van der Waals surface area contributed by atoms with Crippen molar-refractivity contribution in [3.05, 3.63) is 10.4 Å². The molecule has 13 heavy (non-hydrogen) atoms. The average molecular weight is 187 g/mol. The number of nitrogens with zero attached hydrogens (tertiary/aromatic N) is 3. The van der Waals surface area contributed by atoms with Crippen LogP contribution < -0.4 is 0 Å². The van der Waals surface area contributed by atoms with Gasteiger partial charge in [-0.15, -0.1) is 0 Å². The second-order valence-electron chi connectivity index (χ2n) is 3.22. The number of azide groups is 1. The predicted octanol–water partition coefficient (Wildman–Crippen LogP) is 0.194. The summed E-state index contributed by atoms with van der Waals surface area (Å²) in [5.41, 5.74) is 8.22. The van der Waals surface area contributed by atoms with Crippen LogP contribution in [0.2, 0.25) is 0 Å². The first kappa shape index (κ1) is 10.3. The maximum Gasteiger partial charge on any atom is 0.106 e. The molecular formula is C7H13N3O3. The van der Waals surface area contributed by atoms with Crippen LogP contribution in [-0.4, -0.2) is 40.7 Å². The molecule has 0 aromatic heterocycles. The molecular weight excluding hydrogens is 174 g/mol. The first-order valence-electron chi connectivity index (χ1n) is 4.13. The summed E-state index contributed by atoms with van der Waals surface area (Å²) in [6, 6.07) is -0.712. The van der Waals surface area contributed by atoms with Gasteiger partial charge in [-0.3, -0.25) is 0 Å². The SMILES string of the molecule is CC1O[C@@H](C)C(N=[N+]=[N-])C(O)C1O. The van der Waals surface area contributed by atoms with E-state index in [2.05, 4.69) is 10.0 Å². The van der Waals surface area contributed by atoms with E-state index in [1.807, 2.05) is 0 Å². The van der Waals surface area contributed by atoms with Crippen molar-refractivity contribution in [1.82, 2.24) is 0 Å². The minimum atomic E-state index is -1.05. The highest BCUT2D eigenvalue weighted by atomic mass is 16.5. The third-order valence-electron chi connectivity index (χ3n) is 2.28. The van der Waals surface area contributed by atoms with Crippen LogP contribution in [0.15, 0.2) is 5.11 Å². The Labute approximate surface area is 75.8 Å². The zero-order valence-electron chi connectivity index (χ0n) is 7.53. The van der Waals surface area contributed by atoms with Crippen molar-refractivity contribution in [2.75, 3.05) is 0 Å². The topological polar surface area (TPSA) is 98.5 Å². The molecule has 0 amide bonds. The summed E-state index contributed by atoms with van der Waals surface area (Å²) in [6.45, 7) is 3.36. The summed E-state index contributed by atoms with van der Waals surface area (Å²) >= 11 is 0. The van der Waals surface area contributed by atoms with Crippen LogP contribution in [-0.2, 0) is 4.74 Å². The van der Waals surface area contributed by atoms with E-state index in [0.29, 0.717) is 0 Å². The number of hydrogen-bond acceptors (Lipinski definition) is 4. The third kappa shape index (κ3) is 1.92. The van der Waals surface area contributed by atoms with E-state index in [0.717, 1.165) is 0 Å². The van der Waals surface area contributed by atoms with Gasteiger partial charge in [-0.2, -0.15) is 0 Å². The Bertz CT molecular complexity index is 229. The highest BCUT2D eigenvalue weighted by molar-refractivity contribution is 4.93. The highest BCUT2D eigenvalue weighted by Gasteiger charge is 2.39. The number of rotatable bonds is 1. The summed E-state index contributed by atoms with van der Waals surface area (Å²) in [5, 5.41) is 22.3. The van der Waals surface area contributed by atoms with Crippen molar-refractivity contribution in [3.8, 4) is 0 Å². The van der Waals surface area contributed by atoms with Gasteiger partial charge in [0.1, 0.15) is 6.10 Å². The molecule has 6 nitrogen and oxygen atoms in total. The van der Waals surface area contributed by atoms with Gasteiger partial charge in [-0.05, 0) is 19.4 Å². The Morgan fingerprint density at radius 3 is 2.38 bits per heavy atom. The molecule has 74 valence electrons. The van der Waals surface area contributed by atoms with Gasteiger partial charge in [0.25, 0.3) is 0 Å². The molecule has 0 aliphatic carbocycles. The van der Waals surface area contributed by atoms with Gasteiger partial charge in [0.05, 0.1) is 24.4 Å². The zero-order chi connectivity index (χ0) is 10.0. The molecule has 4 unspecified atom stereocenters. The fraction of sp³-hybridized carbons (Fsp3) is 1.00. The monoisotopic (exact) mass is 187 g/mol. The summed E-state index contributed by atoms with van der Waals surface area (Å²) in [7, 11) is 0. The van der Waals surface area contributed by atoms with Crippen molar-refractivity contribution in [2.24, 2.45) is 5.11 Å². The van der Waals surface area contributed by atoms with Gasteiger partial charge in [0.15, 0.2) is 0 Å². The van der Waals surface area contributed by atoms with E-state index in [9.17, 15) is 10.2 Å². The molecule has 1 fully saturated rings. The minimum Gasteiger partial charge on any atom is -0.390 e. The van der Waals surface area contributed by atoms with E-state index >= 15 is 0 Å². The molecule has 0 spiro atoms. The molecule has 0 saturated carbocycles. The maximum atomic E-state index is 9.51. The molecule has 0 bridgehead atoms. The van der Waals surface area contributed by atoms with Crippen molar-refractivity contribution < 1.29 is 14.9 Å². The van der Waals surface area contributed by atoms with Gasteiger partial charge in [-0.1, -0.05) is 5.11 Å². The van der Waals surface area contributed by atoms with Gasteiger partial charge in [-0.25, -0.2) is 0 Å². The van der Waals surface area contributed by atoms with Crippen molar-refractivity contribution in [2.45, 2.75) is 44.3 Å². The standard InChI is InChI=1S/C7H13N3O3/c1-3-5(9-10-8)7(12)6(11)4(2)13-3/h3-7,11-12H,1-2H3/t3-,4?,5?,6?,7?/m0/s1. The molecule has 0 aromatic carbocycles. The lowest BCUT2D eigenvalue weighted by Crippen LogP contribution is -2.54. The van der Waals surface area contributed by atoms with Gasteiger partial charge in [0, 0.05) is 4.91 Å². The molecule has 1 heterocycles. The summed E-state index contributed by atoms with van der Waals surface area (Å²) < 4.78 is 5.26. The van der Waals surface area contributed by atoms with Crippen molar-refractivity contribution in [1.29, 1.82) is 0 Å². The van der Waals surface area contributed by atoms with E-state index in [1.54, 1.807) is 13.8 Å². The second kappa shape index (κ2) is 3.93. The zero-order valence-corrected chi connectivity index (χ0v) is 7.53. The number of ether oxygens (including phenoxy) is 1. The Balaban J connectivity index is 2.78. The summed E-state index contributed by atoms with van der Waals surface area (Å²) in [5.74, 6) is 0. The number of aliphatic hydroxyl groups is 2. The van der Waals surface area contributed by atoms with Gasteiger partial charge in [0.2, 0.25) is 0 Å². The average Bonchev–Trinajstić information content (AvgIpc) is 2.09. The highest BCUT2D eigenvalue weighted by Crippen LogP contribution is 2.22. The van der Waals surface area contributed by atoms with Crippen LogP contribution in [0.25, 0.3) is 10.4 Å². The molecule has 0 aromatic rings. The van der Waals surface area contributed by atoms with E-state index < -0.39 is 24.4 Å². The molecule has 1 rings (SSSR count). The van der Waals surface area contributed by atoms with Crippen molar-refractivity contribution in [3.63, 3.8) is 0 Å². The fourth-order valence-electron chi connectivity index (χ4n) is 1.48. The molecule has 6 heteroatoms. The van der Waals surface area contributed by atoms with Crippen LogP contribution in [0, 0.1) is 0 Å². The van der Waals surface area contributed by atoms with Gasteiger partial charge < -0.3 is 14.9 Å². The Kier molecular flexibility index (Phi) is 3.11. The lowest BCUT2D eigenvalue weighted by Gasteiger charge is -2.38. The maximum absolute atomic E-state index is 9.51. The molecule has 1 saturated heterocycles. The van der Waals surface area contributed by atoms with Crippen LogP contribution in [0.3, 0.4) is 0 Å². The number of aliphatic hydroxyl groups excluding tert-OH is 2. The van der Waals surface area contributed by atoms with E-state index in [-0.39, 0.29) is 6.10 Å². The largest absolute Gasteiger partial charge is 0.390 e. The first-order chi connectivity index (χ1) is 6.07. The second-order valence-corrected chi connectivity index (χ2v) is 3.22. The lowest BCUT2D eigenvalue weighted by atomic mass is 9.95. The van der Waals surface area contributed by atoms with Gasteiger partial charge >= 0.3 is 0 Å². The Morgan fingerprint density at radius 1 is 1.23 bits per heavy atom. The van der Waals surface area contributed by atoms with Crippen LogP contribution in [0.5, 0.6) is 0 Å². The Morgan fingerprint density at radius 2 is 1.85 bits per heavy atom. The van der Waals surface area contributed by atoms with Crippen LogP contribution in [0.4, 0.5) is 0 Å². The molecule has 5 atom stereocenters. The van der Waals surface area contributed by atoms with Crippen molar-refractivity contribution >= 4 is 0 Å². The molecule has 1 aliphatic rings. The normalized spacial score (nSPS) is 45.4. The summed E-state index contributed by atoms with van der Waals surface area (Å²) in [6.07, 6.45) is -2.85. The smallest absolute Gasteiger partial charge is 0.106 e. The third-order valence-corrected chi connectivity index (χ3v) is 2.28. The molecule has 1 aliphatic heterocycles. The van der Waals surface area contributed by atoms with E-state index in [4.69, 9.17) is 10.3 Å². The Hall–Kier alpha value is -0.810. The lowest BCUT2D eigenvalue weighted by molar-refractivity contribution is -0.166. The van der Waals surface area contributed by atoms with Crippen LogP contribution >= 0.6 is 0 Å². The first-order valence-corrected chi connectivity index (χ1v) is 4.13. The van der Waals surface area contributed by atoms with E-state index in [1.165, 1.54) is 0 Å². The fourth-order valence-corrected chi connectivity index (χ4v) is 1.48. The molecule has 0 radical (unpaired) electrons. The number of hydrogen-bond donors (Lipinski definition) is 2. The quantitative estimate of drug-likeness (QED) is 0.348. The van der Waals surface area contributed by atoms with Crippen LogP contribution in [0.1, 0.15) is 13.8 Å². The minimum absolute atomic E-state index is 0.371.